The quantitative estimate of drug-likeness (QED) is 0.550. The molecule has 6 heteroatoms. The van der Waals surface area contributed by atoms with Gasteiger partial charge in [-0.3, -0.25) is 4.79 Å². The van der Waals surface area contributed by atoms with Gasteiger partial charge in [-0.2, -0.15) is 0 Å². The zero-order chi connectivity index (χ0) is 20.2. The summed E-state index contributed by atoms with van der Waals surface area (Å²) in [5.74, 6) is 0.682. The summed E-state index contributed by atoms with van der Waals surface area (Å²) in [6, 6.07) is 13.4. The molecular formula is C22H29FN2O3. The summed E-state index contributed by atoms with van der Waals surface area (Å²) >= 11 is 0. The van der Waals surface area contributed by atoms with E-state index in [0.717, 1.165) is 19.6 Å². The molecule has 0 aromatic heterocycles. The fourth-order valence-corrected chi connectivity index (χ4v) is 2.71. The van der Waals surface area contributed by atoms with Crippen molar-refractivity contribution in [3.8, 4) is 11.5 Å². The van der Waals surface area contributed by atoms with E-state index in [0.29, 0.717) is 43.2 Å². The van der Waals surface area contributed by atoms with Crippen LogP contribution in [0, 0.1) is 5.82 Å². The summed E-state index contributed by atoms with van der Waals surface area (Å²) in [4.78, 5) is 14.5. The molecule has 0 aliphatic carbocycles. The van der Waals surface area contributed by atoms with Crippen molar-refractivity contribution in [3.05, 3.63) is 54.3 Å². The second-order valence-corrected chi connectivity index (χ2v) is 6.33. The molecule has 0 heterocycles. The van der Waals surface area contributed by atoms with Gasteiger partial charge in [0.25, 0.3) is 0 Å². The van der Waals surface area contributed by atoms with E-state index in [9.17, 15) is 9.18 Å². The van der Waals surface area contributed by atoms with Crippen LogP contribution in [0.15, 0.2) is 48.5 Å². The summed E-state index contributed by atoms with van der Waals surface area (Å²) in [6.45, 7) is 7.96. The molecule has 0 spiro atoms. The van der Waals surface area contributed by atoms with Gasteiger partial charge in [0.05, 0.1) is 12.3 Å². The first-order chi connectivity index (χ1) is 13.6. The molecule has 0 saturated carbocycles. The summed E-state index contributed by atoms with van der Waals surface area (Å²) in [5.41, 5.74) is 0.665. The third-order valence-electron chi connectivity index (χ3n) is 4.33. The Labute approximate surface area is 166 Å². The van der Waals surface area contributed by atoms with Gasteiger partial charge in [-0.05, 0) is 43.8 Å². The fraction of sp³-hybridized carbons (Fsp3) is 0.409. The van der Waals surface area contributed by atoms with Crippen LogP contribution in [0.3, 0.4) is 0 Å². The van der Waals surface area contributed by atoms with Crippen molar-refractivity contribution in [1.29, 1.82) is 0 Å². The molecule has 2 aromatic rings. The Morgan fingerprint density at radius 1 is 1.04 bits per heavy atom. The third kappa shape index (κ3) is 7.56. The first-order valence-electron chi connectivity index (χ1n) is 9.74. The number of benzene rings is 2. The smallest absolute Gasteiger partial charge is 0.224 e. The maximum atomic E-state index is 13.1. The van der Waals surface area contributed by atoms with E-state index >= 15 is 0 Å². The van der Waals surface area contributed by atoms with Crippen molar-refractivity contribution >= 4 is 11.6 Å². The number of nitrogens with one attached hydrogen (secondary N) is 1. The van der Waals surface area contributed by atoms with Crippen LogP contribution in [0.5, 0.6) is 11.5 Å². The van der Waals surface area contributed by atoms with E-state index in [-0.39, 0.29) is 11.7 Å². The van der Waals surface area contributed by atoms with Crippen molar-refractivity contribution < 1.29 is 18.7 Å². The number of hydrogen-bond acceptors (Lipinski definition) is 4. The van der Waals surface area contributed by atoms with E-state index in [4.69, 9.17) is 9.47 Å². The average Bonchev–Trinajstić information content (AvgIpc) is 2.70. The summed E-state index contributed by atoms with van der Waals surface area (Å²) < 4.78 is 24.4. The second kappa shape index (κ2) is 12.0. The Hall–Kier alpha value is -2.60. The summed E-state index contributed by atoms with van der Waals surface area (Å²) in [7, 11) is 0. The highest BCUT2D eigenvalue weighted by atomic mass is 19.1. The zero-order valence-electron chi connectivity index (χ0n) is 16.6. The molecule has 152 valence electrons. The van der Waals surface area contributed by atoms with Gasteiger partial charge in [0.2, 0.25) is 5.91 Å². The lowest BCUT2D eigenvalue weighted by atomic mass is 10.2. The van der Waals surface area contributed by atoms with Gasteiger partial charge in [0.15, 0.2) is 0 Å². The van der Waals surface area contributed by atoms with Crippen LogP contribution in [-0.2, 0) is 4.79 Å². The van der Waals surface area contributed by atoms with Crippen molar-refractivity contribution in [2.45, 2.75) is 26.7 Å². The molecule has 2 aromatic carbocycles. The first-order valence-corrected chi connectivity index (χ1v) is 9.74. The minimum Gasteiger partial charge on any atom is -0.493 e. The number of nitrogens with zero attached hydrogens (tertiary/aromatic N) is 1. The first kappa shape index (κ1) is 21.7. The molecule has 0 unspecified atom stereocenters. The highest BCUT2D eigenvalue weighted by Gasteiger charge is 2.08. The molecule has 1 N–H and O–H groups in total. The number of carbonyl (C=O) groups excluding carboxylic acids is 1. The molecule has 0 radical (unpaired) electrons. The van der Waals surface area contributed by atoms with Crippen molar-refractivity contribution in [1.82, 2.24) is 4.90 Å². The van der Waals surface area contributed by atoms with Crippen LogP contribution in [0.4, 0.5) is 10.1 Å². The maximum absolute atomic E-state index is 13.1. The summed E-state index contributed by atoms with van der Waals surface area (Å²) in [6.07, 6.45) is 0.844. The number of anilines is 1. The van der Waals surface area contributed by atoms with Gasteiger partial charge < -0.3 is 19.7 Å². The fourth-order valence-electron chi connectivity index (χ4n) is 2.71. The number of halogens is 1. The van der Waals surface area contributed by atoms with E-state index in [1.54, 1.807) is 12.1 Å². The van der Waals surface area contributed by atoms with E-state index in [1.165, 1.54) is 12.1 Å². The van der Waals surface area contributed by atoms with Crippen molar-refractivity contribution in [2.24, 2.45) is 0 Å². The molecule has 0 bridgehead atoms. The lowest BCUT2D eigenvalue weighted by molar-refractivity contribution is -0.116. The van der Waals surface area contributed by atoms with Crippen LogP contribution in [0.25, 0.3) is 0 Å². The average molecular weight is 388 g/mol. The highest BCUT2D eigenvalue weighted by Crippen LogP contribution is 2.24. The molecule has 1 amide bonds. The minimum atomic E-state index is -0.340. The Kier molecular flexibility index (Phi) is 9.28. The van der Waals surface area contributed by atoms with Gasteiger partial charge in [0, 0.05) is 19.0 Å². The summed E-state index contributed by atoms with van der Waals surface area (Å²) in [5, 5.41) is 2.89. The molecule has 5 nitrogen and oxygen atoms in total. The van der Waals surface area contributed by atoms with Gasteiger partial charge in [-0.15, -0.1) is 0 Å². The largest absolute Gasteiger partial charge is 0.493 e. The van der Waals surface area contributed by atoms with Crippen LogP contribution >= 0.6 is 0 Å². The van der Waals surface area contributed by atoms with Crippen LogP contribution in [0.2, 0.25) is 0 Å². The molecule has 0 fully saturated rings. The third-order valence-corrected chi connectivity index (χ3v) is 4.33. The van der Waals surface area contributed by atoms with Crippen molar-refractivity contribution in [2.75, 3.05) is 38.2 Å². The van der Waals surface area contributed by atoms with Gasteiger partial charge >= 0.3 is 0 Å². The van der Waals surface area contributed by atoms with E-state index in [1.807, 2.05) is 24.3 Å². The standard InChI is InChI=1S/C22H29FN2O3/c1-3-25(4-2)14-16-28-21-12-6-5-11-20(21)24-22(26)13-8-15-27-19-10-7-9-18(23)17-19/h5-7,9-12,17H,3-4,8,13-16H2,1-2H3,(H,24,26). The maximum Gasteiger partial charge on any atom is 0.224 e. The monoisotopic (exact) mass is 388 g/mol. The molecule has 0 saturated heterocycles. The van der Waals surface area contributed by atoms with Crippen LogP contribution in [-0.4, -0.2) is 43.7 Å². The Morgan fingerprint density at radius 3 is 2.57 bits per heavy atom. The number of para-hydroxylation sites is 2. The Morgan fingerprint density at radius 2 is 1.82 bits per heavy atom. The topological polar surface area (TPSA) is 50.8 Å². The SMILES string of the molecule is CCN(CC)CCOc1ccccc1NC(=O)CCCOc1cccc(F)c1. The molecule has 2 rings (SSSR count). The number of ether oxygens (including phenoxy) is 2. The van der Waals surface area contributed by atoms with Gasteiger partial charge in [-0.1, -0.05) is 32.0 Å². The number of amides is 1. The lowest BCUT2D eigenvalue weighted by Crippen LogP contribution is -2.28. The Bertz CT molecular complexity index is 735. The number of likely N-dealkylation sites (N-methyl/N-ethyl adjacent to an activating group) is 1. The van der Waals surface area contributed by atoms with E-state index < -0.39 is 0 Å². The number of carbonyl (C=O) groups is 1. The molecular weight excluding hydrogens is 359 g/mol. The lowest BCUT2D eigenvalue weighted by Gasteiger charge is -2.19. The van der Waals surface area contributed by atoms with Crippen LogP contribution in [0.1, 0.15) is 26.7 Å². The molecule has 0 aliphatic rings. The predicted molar refractivity (Wildman–Crippen MR) is 109 cm³/mol. The second-order valence-electron chi connectivity index (χ2n) is 6.33. The molecule has 0 atom stereocenters. The van der Waals surface area contributed by atoms with Crippen LogP contribution < -0.4 is 14.8 Å². The molecule has 0 aliphatic heterocycles. The minimum absolute atomic E-state index is 0.109. The molecule has 28 heavy (non-hydrogen) atoms. The van der Waals surface area contributed by atoms with Gasteiger partial charge in [0.1, 0.15) is 23.9 Å². The highest BCUT2D eigenvalue weighted by molar-refractivity contribution is 5.92. The Balaban J connectivity index is 1.75. The number of hydrogen-bond donors (Lipinski definition) is 1. The van der Waals surface area contributed by atoms with Crippen molar-refractivity contribution in [3.63, 3.8) is 0 Å². The predicted octanol–water partition coefficient (Wildman–Crippen LogP) is 4.34. The zero-order valence-corrected chi connectivity index (χ0v) is 16.6. The normalized spacial score (nSPS) is 10.7. The number of rotatable bonds is 12. The van der Waals surface area contributed by atoms with Gasteiger partial charge in [-0.25, -0.2) is 4.39 Å². The van der Waals surface area contributed by atoms with E-state index in [2.05, 4.69) is 24.1 Å².